The average molecular weight is 411 g/mol. The Hall–Kier alpha value is -3.20. The predicted octanol–water partition coefficient (Wildman–Crippen LogP) is 3.07. The summed E-state index contributed by atoms with van der Waals surface area (Å²) in [6, 6.07) is 9.00. The van der Waals surface area contributed by atoms with E-state index in [4.69, 9.17) is 10.3 Å². The van der Waals surface area contributed by atoms with Gasteiger partial charge in [-0.25, -0.2) is 0 Å². The molecule has 8 nitrogen and oxygen atoms in total. The lowest BCUT2D eigenvalue weighted by Gasteiger charge is -2.22. The van der Waals surface area contributed by atoms with Crippen LogP contribution in [-0.2, 0) is 11.2 Å². The van der Waals surface area contributed by atoms with E-state index in [-0.39, 0.29) is 12.3 Å². The molecule has 1 aliphatic rings. The third-order valence-corrected chi connectivity index (χ3v) is 5.64. The molecule has 1 aromatic carbocycles. The van der Waals surface area contributed by atoms with Gasteiger partial charge in [0.15, 0.2) is 0 Å². The molecule has 3 aromatic rings. The maximum atomic E-state index is 12.5. The van der Waals surface area contributed by atoms with Gasteiger partial charge in [0, 0.05) is 31.5 Å². The molecular weight excluding hydrogens is 390 g/mol. The second-order valence-corrected chi connectivity index (χ2v) is 7.78. The first-order valence-corrected chi connectivity index (χ1v) is 10.3. The summed E-state index contributed by atoms with van der Waals surface area (Å²) in [5.41, 5.74) is 7.26. The summed E-state index contributed by atoms with van der Waals surface area (Å²) in [6.45, 7) is 1.85. The number of aromatic nitrogens is 2. The summed E-state index contributed by atoms with van der Waals surface area (Å²) in [5, 5.41) is 8.81. The van der Waals surface area contributed by atoms with Gasteiger partial charge in [0.05, 0.1) is 16.3 Å². The van der Waals surface area contributed by atoms with E-state index >= 15 is 0 Å². The first kappa shape index (κ1) is 19.1. The first-order valence-electron chi connectivity index (χ1n) is 9.45. The molecule has 0 saturated carbocycles. The molecule has 9 heteroatoms. The number of amides is 2. The summed E-state index contributed by atoms with van der Waals surface area (Å²) in [7, 11) is 0. The number of hydrogen-bond acceptors (Lipinski definition) is 7. The highest BCUT2D eigenvalue weighted by Crippen LogP contribution is 2.30. The van der Waals surface area contributed by atoms with Crippen LogP contribution in [0, 0.1) is 0 Å². The number of nitrogens with two attached hydrogens (primary N) is 1. The fourth-order valence-corrected chi connectivity index (χ4v) is 3.97. The number of thiophene rings is 1. The third kappa shape index (κ3) is 4.45. The van der Waals surface area contributed by atoms with Crippen molar-refractivity contribution >= 4 is 34.5 Å². The molecular formula is C20H21N5O3S. The van der Waals surface area contributed by atoms with Crippen LogP contribution in [0.5, 0.6) is 0 Å². The standard InChI is InChI=1S/C20H21N5O3S/c21-19(27)13-5-6-15(25-9-1-2-10-25)14(12-13)22-17(26)7-8-18-23-20(24-28-18)16-4-3-11-29-16/h3-6,11-12H,1-2,7-10H2,(H2,21,27)(H,22,26). The third-order valence-electron chi connectivity index (χ3n) is 4.78. The van der Waals surface area contributed by atoms with Crippen molar-refractivity contribution in [2.24, 2.45) is 5.73 Å². The summed E-state index contributed by atoms with van der Waals surface area (Å²) in [4.78, 5) is 31.5. The summed E-state index contributed by atoms with van der Waals surface area (Å²) < 4.78 is 5.24. The van der Waals surface area contributed by atoms with Crippen LogP contribution < -0.4 is 16.0 Å². The van der Waals surface area contributed by atoms with E-state index in [1.807, 2.05) is 23.6 Å². The number of hydrogen-bond donors (Lipinski definition) is 2. The molecule has 0 atom stereocenters. The van der Waals surface area contributed by atoms with Crippen molar-refractivity contribution in [2.45, 2.75) is 25.7 Å². The minimum absolute atomic E-state index is 0.187. The number of carbonyl (C=O) groups excluding carboxylic acids is 2. The second-order valence-electron chi connectivity index (χ2n) is 6.83. The Balaban J connectivity index is 1.43. The number of anilines is 2. The fraction of sp³-hybridized carbons (Fsp3) is 0.300. The molecule has 2 aromatic heterocycles. The molecule has 29 heavy (non-hydrogen) atoms. The minimum atomic E-state index is -0.527. The van der Waals surface area contributed by atoms with Gasteiger partial charge >= 0.3 is 0 Å². The van der Waals surface area contributed by atoms with E-state index in [1.54, 1.807) is 12.1 Å². The Morgan fingerprint density at radius 3 is 2.79 bits per heavy atom. The van der Waals surface area contributed by atoms with Gasteiger partial charge in [-0.3, -0.25) is 9.59 Å². The molecule has 0 unspecified atom stereocenters. The summed E-state index contributed by atoms with van der Waals surface area (Å²) >= 11 is 1.53. The summed E-state index contributed by atoms with van der Waals surface area (Å²) in [5.74, 6) is 0.221. The number of rotatable bonds is 7. The zero-order valence-electron chi connectivity index (χ0n) is 15.8. The Labute approximate surface area is 171 Å². The lowest BCUT2D eigenvalue weighted by Crippen LogP contribution is -2.22. The molecule has 3 N–H and O–H groups in total. The zero-order valence-corrected chi connectivity index (χ0v) is 16.6. The Morgan fingerprint density at radius 1 is 1.24 bits per heavy atom. The maximum absolute atomic E-state index is 12.5. The zero-order chi connectivity index (χ0) is 20.2. The van der Waals surface area contributed by atoms with Crippen molar-refractivity contribution in [3.63, 3.8) is 0 Å². The number of benzene rings is 1. The quantitative estimate of drug-likeness (QED) is 0.617. The predicted molar refractivity (Wildman–Crippen MR) is 111 cm³/mol. The highest BCUT2D eigenvalue weighted by molar-refractivity contribution is 7.13. The van der Waals surface area contributed by atoms with Crippen molar-refractivity contribution in [1.82, 2.24) is 10.1 Å². The monoisotopic (exact) mass is 411 g/mol. The average Bonchev–Trinajstić information content (AvgIpc) is 3.48. The van der Waals surface area contributed by atoms with Crippen LogP contribution in [0.15, 0.2) is 40.2 Å². The lowest BCUT2D eigenvalue weighted by molar-refractivity contribution is -0.116. The molecule has 0 aliphatic carbocycles. The number of nitrogens with zero attached hydrogens (tertiary/aromatic N) is 3. The van der Waals surface area contributed by atoms with Crippen LogP contribution in [0.3, 0.4) is 0 Å². The van der Waals surface area contributed by atoms with Crippen molar-refractivity contribution in [2.75, 3.05) is 23.3 Å². The van der Waals surface area contributed by atoms with Crippen LogP contribution >= 0.6 is 11.3 Å². The van der Waals surface area contributed by atoms with Gasteiger partial charge in [-0.15, -0.1) is 11.3 Å². The van der Waals surface area contributed by atoms with E-state index in [0.717, 1.165) is 36.5 Å². The number of nitrogens with one attached hydrogen (secondary N) is 1. The van der Waals surface area contributed by atoms with E-state index in [0.29, 0.717) is 29.4 Å². The molecule has 150 valence electrons. The molecule has 0 bridgehead atoms. The Morgan fingerprint density at radius 2 is 2.07 bits per heavy atom. The topological polar surface area (TPSA) is 114 Å². The van der Waals surface area contributed by atoms with E-state index in [1.165, 1.54) is 11.3 Å². The van der Waals surface area contributed by atoms with Gasteiger partial charge in [0.25, 0.3) is 0 Å². The van der Waals surface area contributed by atoms with Crippen LogP contribution in [0.4, 0.5) is 11.4 Å². The Bertz CT molecular complexity index is 1010. The van der Waals surface area contributed by atoms with Gasteiger partial charge in [-0.2, -0.15) is 4.98 Å². The van der Waals surface area contributed by atoms with Gasteiger partial charge in [-0.1, -0.05) is 11.2 Å². The van der Waals surface area contributed by atoms with E-state index in [9.17, 15) is 9.59 Å². The molecule has 4 rings (SSSR count). The van der Waals surface area contributed by atoms with Crippen LogP contribution in [0.1, 0.15) is 35.5 Å². The number of primary amides is 1. The molecule has 3 heterocycles. The molecule has 2 amide bonds. The molecule has 0 spiro atoms. The lowest BCUT2D eigenvalue weighted by atomic mass is 10.1. The van der Waals surface area contributed by atoms with Crippen LogP contribution in [-0.4, -0.2) is 35.0 Å². The van der Waals surface area contributed by atoms with Gasteiger partial charge in [0.1, 0.15) is 0 Å². The largest absolute Gasteiger partial charge is 0.370 e. The first-order chi connectivity index (χ1) is 14.1. The fourth-order valence-electron chi connectivity index (χ4n) is 3.32. The molecule has 1 saturated heterocycles. The number of carbonyl (C=O) groups is 2. The molecule has 1 fully saturated rings. The molecule has 1 aliphatic heterocycles. The van der Waals surface area contributed by atoms with Crippen LogP contribution in [0.2, 0.25) is 0 Å². The minimum Gasteiger partial charge on any atom is -0.370 e. The van der Waals surface area contributed by atoms with Gasteiger partial charge in [-0.05, 0) is 42.5 Å². The summed E-state index contributed by atoms with van der Waals surface area (Å²) in [6.07, 6.45) is 2.73. The van der Waals surface area contributed by atoms with E-state index in [2.05, 4.69) is 20.4 Å². The van der Waals surface area contributed by atoms with E-state index < -0.39 is 5.91 Å². The van der Waals surface area contributed by atoms with Crippen molar-refractivity contribution in [3.05, 3.63) is 47.2 Å². The second kappa shape index (κ2) is 8.44. The normalized spacial score (nSPS) is 13.6. The van der Waals surface area contributed by atoms with Crippen LogP contribution in [0.25, 0.3) is 10.7 Å². The van der Waals surface area contributed by atoms with Crippen molar-refractivity contribution in [3.8, 4) is 10.7 Å². The Kier molecular flexibility index (Phi) is 5.57. The highest BCUT2D eigenvalue weighted by Gasteiger charge is 2.19. The van der Waals surface area contributed by atoms with Gasteiger partial charge in [0.2, 0.25) is 23.5 Å². The van der Waals surface area contributed by atoms with Crippen molar-refractivity contribution in [1.29, 1.82) is 0 Å². The smallest absolute Gasteiger partial charge is 0.248 e. The molecule has 0 radical (unpaired) electrons. The highest BCUT2D eigenvalue weighted by atomic mass is 32.1. The number of aryl methyl sites for hydroxylation is 1. The van der Waals surface area contributed by atoms with Gasteiger partial charge < -0.3 is 20.5 Å². The SMILES string of the molecule is NC(=O)c1ccc(N2CCCC2)c(NC(=O)CCc2nc(-c3cccs3)no2)c1. The maximum Gasteiger partial charge on any atom is 0.248 e. The van der Waals surface area contributed by atoms with Crippen molar-refractivity contribution < 1.29 is 14.1 Å².